The first kappa shape index (κ1) is 20.3. The van der Waals surface area contributed by atoms with E-state index in [1.165, 1.54) is 0 Å². The number of carbonyl (C=O) groups excluding carboxylic acids is 1. The molecule has 0 fully saturated rings. The predicted molar refractivity (Wildman–Crippen MR) is 122 cm³/mol. The number of amides is 1. The van der Waals surface area contributed by atoms with E-state index in [1.54, 1.807) is 11.3 Å². The Hall–Kier alpha value is -2.96. The van der Waals surface area contributed by atoms with Crippen molar-refractivity contribution in [1.82, 2.24) is 20.1 Å². The number of aromatic nitrogens is 3. The molecule has 0 aliphatic heterocycles. The van der Waals surface area contributed by atoms with Crippen LogP contribution in [0.25, 0.3) is 21.8 Å². The normalized spacial score (nSPS) is 10.9. The molecule has 0 aliphatic carbocycles. The third kappa shape index (κ3) is 4.01. The van der Waals surface area contributed by atoms with E-state index in [2.05, 4.69) is 15.4 Å². The Balaban J connectivity index is 1.53. The van der Waals surface area contributed by atoms with Crippen LogP contribution in [0.3, 0.4) is 0 Å². The predicted octanol–water partition coefficient (Wildman–Crippen LogP) is 5.41. The Kier molecular flexibility index (Phi) is 5.70. The molecule has 1 N–H and O–H groups in total. The van der Waals surface area contributed by atoms with Crippen molar-refractivity contribution >= 4 is 28.8 Å². The van der Waals surface area contributed by atoms with Gasteiger partial charge in [-0.05, 0) is 37.6 Å². The van der Waals surface area contributed by atoms with Crippen molar-refractivity contribution in [3.05, 3.63) is 81.4 Å². The number of nitrogens with zero attached hydrogens (tertiary/aromatic N) is 3. The fourth-order valence-corrected chi connectivity index (χ4v) is 4.36. The lowest BCUT2D eigenvalue weighted by molar-refractivity contribution is 0.0951. The summed E-state index contributed by atoms with van der Waals surface area (Å²) in [5, 5.41) is 11.0. The summed E-state index contributed by atoms with van der Waals surface area (Å²) in [5.41, 5.74) is 6.31. The Morgan fingerprint density at radius 1 is 1.13 bits per heavy atom. The number of hydrogen-bond donors (Lipinski definition) is 1. The molecule has 2 aromatic heterocycles. The zero-order valence-corrected chi connectivity index (χ0v) is 18.5. The largest absolute Gasteiger partial charge is 0.346 e. The Morgan fingerprint density at radius 3 is 2.57 bits per heavy atom. The maximum absolute atomic E-state index is 13.0. The number of thiazole rings is 1. The number of hydrogen-bond acceptors (Lipinski definition) is 4. The standard InChI is InChI=1S/C23H21ClN4OS/c1-14-15(2)27-28(3)21(14)19-6-4-5-7-20(19)22(29)25-12-18-13-30-23(26-18)16-8-10-17(24)11-9-16/h4-11,13H,12H2,1-3H3,(H,25,29). The average Bonchev–Trinajstić information content (AvgIpc) is 3.31. The number of benzene rings is 2. The first-order valence-electron chi connectivity index (χ1n) is 9.52. The third-order valence-corrected chi connectivity index (χ3v) is 6.21. The lowest BCUT2D eigenvalue weighted by atomic mass is 10.0. The fourth-order valence-electron chi connectivity index (χ4n) is 3.41. The second-order valence-electron chi connectivity index (χ2n) is 7.06. The monoisotopic (exact) mass is 436 g/mol. The van der Waals surface area contributed by atoms with Crippen LogP contribution < -0.4 is 5.32 Å². The summed E-state index contributed by atoms with van der Waals surface area (Å²) < 4.78 is 1.83. The van der Waals surface area contributed by atoms with Crippen molar-refractivity contribution in [2.24, 2.45) is 7.05 Å². The van der Waals surface area contributed by atoms with Crippen LogP contribution in [-0.2, 0) is 13.6 Å². The molecule has 4 aromatic rings. The van der Waals surface area contributed by atoms with E-state index in [0.717, 1.165) is 38.8 Å². The topological polar surface area (TPSA) is 59.8 Å². The van der Waals surface area contributed by atoms with Crippen molar-refractivity contribution in [3.63, 3.8) is 0 Å². The van der Waals surface area contributed by atoms with Gasteiger partial charge in [-0.2, -0.15) is 5.10 Å². The van der Waals surface area contributed by atoms with E-state index in [-0.39, 0.29) is 5.91 Å². The summed E-state index contributed by atoms with van der Waals surface area (Å²) in [7, 11) is 1.90. The van der Waals surface area contributed by atoms with Gasteiger partial charge in [0.05, 0.1) is 23.6 Å². The van der Waals surface area contributed by atoms with Crippen LogP contribution in [0, 0.1) is 13.8 Å². The Labute approximate surface area is 184 Å². The van der Waals surface area contributed by atoms with Crippen LogP contribution in [0.2, 0.25) is 5.02 Å². The van der Waals surface area contributed by atoms with Crippen molar-refractivity contribution in [1.29, 1.82) is 0 Å². The number of nitrogens with one attached hydrogen (secondary N) is 1. The van der Waals surface area contributed by atoms with Gasteiger partial charge >= 0.3 is 0 Å². The summed E-state index contributed by atoms with van der Waals surface area (Å²) in [6.07, 6.45) is 0. The number of aryl methyl sites for hydroxylation is 2. The minimum atomic E-state index is -0.134. The summed E-state index contributed by atoms with van der Waals surface area (Å²) in [4.78, 5) is 17.6. The summed E-state index contributed by atoms with van der Waals surface area (Å²) in [6.45, 7) is 4.36. The van der Waals surface area contributed by atoms with Crippen molar-refractivity contribution < 1.29 is 4.79 Å². The van der Waals surface area contributed by atoms with E-state index in [1.807, 2.05) is 79.5 Å². The van der Waals surface area contributed by atoms with Gasteiger partial charge in [0.1, 0.15) is 5.01 Å². The SMILES string of the molecule is Cc1nn(C)c(-c2ccccc2C(=O)NCc2csc(-c3ccc(Cl)cc3)n2)c1C. The highest BCUT2D eigenvalue weighted by atomic mass is 35.5. The molecule has 0 unspecified atom stereocenters. The number of rotatable bonds is 5. The quantitative estimate of drug-likeness (QED) is 0.455. The molecule has 0 saturated carbocycles. The molecular weight excluding hydrogens is 416 g/mol. The molecule has 1 amide bonds. The summed E-state index contributed by atoms with van der Waals surface area (Å²) >= 11 is 7.50. The Morgan fingerprint density at radius 2 is 1.87 bits per heavy atom. The van der Waals surface area contributed by atoms with Crippen LogP contribution in [0.5, 0.6) is 0 Å². The lowest BCUT2D eigenvalue weighted by Crippen LogP contribution is -2.23. The van der Waals surface area contributed by atoms with Gasteiger partial charge in [-0.15, -0.1) is 11.3 Å². The minimum absolute atomic E-state index is 0.134. The van der Waals surface area contributed by atoms with Gasteiger partial charge in [0.15, 0.2) is 0 Å². The maximum Gasteiger partial charge on any atom is 0.252 e. The molecule has 152 valence electrons. The van der Waals surface area contributed by atoms with Gasteiger partial charge in [-0.3, -0.25) is 9.48 Å². The average molecular weight is 437 g/mol. The smallest absolute Gasteiger partial charge is 0.252 e. The molecule has 30 heavy (non-hydrogen) atoms. The highest BCUT2D eigenvalue weighted by Gasteiger charge is 2.18. The third-order valence-electron chi connectivity index (χ3n) is 5.02. The first-order valence-corrected chi connectivity index (χ1v) is 10.8. The van der Waals surface area contributed by atoms with Crippen molar-refractivity contribution in [2.75, 3.05) is 0 Å². The molecule has 0 radical (unpaired) electrons. The molecule has 7 heteroatoms. The molecule has 0 bridgehead atoms. The lowest BCUT2D eigenvalue weighted by Gasteiger charge is -2.11. The van der Waals surface area contributed by atoms with E-state index < -0.39 is 0 Å². The number of halogens is 1. The Bertz CT molecular complexity index is 1210. The van der Waals surface area contributed by atoms with Gasteiger partial charge < -0.3 is 5.32 Å². The molecule has 5 nitrogen and oxygen atoms in total. The van der Waals surface area contributed by atoms with Crippen LogP contribution in [0.15, 0.2) is 53.9 Å². The molecule has 2 aromatic carbocycles. The van der Waals surface area contributed by atoms with Crippen LogP contribution in [0.4, 0.5) is 0 Å². The highest BCUT2D eigenvalue weighted by molar-refractivity contribution is 7.13. The van der Waals surface area contributed by atoms with Crippen molar-refractivity contribution in [3.8, 4) is 21.8 Å². The zero-order valence-electron chi connectivity index (χ0n) is 16.9. The summed E-state index contributed by atoms with van der Waals surface area (Å²) in [6, 6.07) is 15.2. The van der Waals surface area contributed by atoms with Crippen molar-refractivity contribution in [2.45, 2.75) is 20.4 Å². The molecule has 0 aliphatic rings. The van der Waals surface area contributed by atoms with Crippen LogP contribution in [0.1, 0.15) is 27.3 Å². The summed E-state index contributed by atoms with van der Waals surface area (Å²) in [5.74, 6) is -0.134. The van der Waals surface area contributed by atoms with E-state index in [9.17, 15) is 4.79 Å². The van der Waals surface area contributed by atoms with E-state index in [4.69, 9.17) is 11.6 Å². The van der Waals surface area contributed by atoms with Gasteiger partial charge in [0.25, 0.3) is 5.91 Å². The van der Waals surface area contributed by atoms with Crippen LogP contribution >= 0.6 is 22.9 Å². The number of carbonyl (C=O) groups is 1. The molecule has 0 saturated heterocycles. The van der Waals surface area contributed by atoms with Gasteiger partial charge in [-0.25, -0.2) is 4.98 Å². The zero-order chi connectivity index (χ0) is 21.3. The van der Waals surface area contributed by atoms with Gasteiger partial charge in [0.2, 0.25) is 0 Å². The fraction of sp³-hybridized carbons (Fsp3) is 0.174. The minimum Gasteiger partial charge on any atom is -0.346 e. The van der Waals surface area contributed by atoms with Crippen LogP contribution in [-0.4, -0.2) is 20.7 Å². The second kappa shape index (κ2) is 8.42. The maximum atomic E-state index is 13.0. The molecular formula is C23H21ClN4OS. The first-order chi connectivity index (χ1) is 14.4. The van der Waals surface area contributed by atoms with Gasteiger partial charge in [-0.1, -0.05) is 41.9 Å². The molecule has 4 rings (SSSR count). The van der Waals surface area contributed by atoms with E-state index in [0.29, 0.717) is 17.1 Å². The van der Waals surface area contributed by atoms with E-state index >= 15 is 0 Å². The molecule has 0 spiro atoms. The second-order valence-corrected chi connectivity index (χ2v) is 8.36. The molecule has 0 atom stereocenters. The molecule has 2 heterocycles. The highest BCUT2D eigenvalue weighted by Crippen LogP contribution is 2.28. The van der Waals surface area contributed by atoms with Gasteiger partial charge in [0, 0.05) is 34.1 Å².